The molecule has 1 atom stereocenters. The van der Waals surface area contributed by atoms with Crippen LogP contribution >= 0.6 is 11.6 Å². The lowest BCUT2D eigenvalue weighted by atomic mass is 9.96. The molecular formula is C30H31ClN2O3S. The lowest BCUT2D eigenvalue weighted by molar-refractivity contribution is -0.119. The van der Waals surface area contributed by atoms with E-state index in [1.54, 1.807) is 42.5 Å². The van der Waals surface area contributed by atoms with Gasteiger partial charge < -0.3 is 5.32 Å². The Morgan fingerprint density at radius 2 is 1.65 bits per heavy atom. The molecule has 0 fully saturated rings. The maximum atomic E-state index is 13.6. The molecule has 7 heteroatoms. The van der Waals surface area contributed by atoms with Crippen LogP contribution in [0.3, 0.4) is 0 Å². The van der Waals surface area contributed by atoms with Gasteiger partial charge in [-0.1, -0.05) is 84.8 Å². The predicted molar refractivity (Wildman–Crippen MR) is 152 cm³/mol. The van der Waals surface area contributed by atoms with Crippen molar-refractivity contribution in [3.8, 4) is 0 Å². The highest BCUT2D eigenvalue weighted by Gasteiger charge is 2.27. The lowest BCUT2D eigenvalue weighted by Gasteiger charge is -2.25. The van der Waals surface area contributed by atoms with E-state index in [0.29, 0.717) is 17.3 Å². The molecule has 0 saturated carbocycles. The average molecular weight is 535 g/mol. The van der Waals surface area contributed by atoms with Crippen LogP contribution in [0.25, 0.3) is 10.8 Å². The van der Waals surface area contributed by atoms with E-state index in [0.717, 1.165) is 21.9 Å². The van der Waals surface area contributed by atoms with Crippen molar-refractivity contribution in [1.29, 1.82) is 0 Å². The van der Waals surface area contributed by atoms with Crippen LogP contribution in [-0.2, 0) is 21.2 Å². The largest absolute Gasteiger partial charge is 0.354 e. The van der Waals surface area contributed by atoms with E-state index in [2.05, 4.69) is 36.5 Å². The van der Waals surface area contributed by atoms with Crippen LogP contribution in [-0.4, -0.2) is 27.4 Å². The number of nitrogens with zero attached hydrogens (tertiary/aromatic N) is 1. The molecule has 4 rings (SSSR count). The number of rotatable bonds is 9. The summed E-state index contributed by atoms with van der Waals surface area (Å²) in [6.07, 6.45) is 0.792. The van der Waals surface area contributed by atoms with Crippen molar-refractivity contribution in [1.82, 2.24) is 5.32 Å². The number of hydrogen-bond donors (Lipinski definition) is 1. The van der Waals surface area contributed by atoms with E-state index in [1.807, 2.05) is 32.0 Å². The maximum absolute atomic E-state index is 13.6. The van der Waals surface area contributed by atoms with E-state index in [4.69, 9.17) is 11.6 Å². The van der Waals surface area contributed by atoms with Gasteiger partial charge in [-0.25, -0.2) is 8.42 Å². The second kappa shape index (κ2) is 11.4. The third-order valence-corrected chi connectivity index (χ3v) is 8.63. The zero-order valence-electron chi connectivity index (χ0n) is 21.2. The number of sulfonamides is 1. The first kappa shape index (κ1) is 26.7. The van der Waals surface area contributed by atoms with E-state index in [1.165, 1.54) is 16.3 Å². The van der Waals surface area contributed by atoms with Gasteiger partial charge in [-0.2, -0.15) is 0 Å². The molecule has 4 aromatic carbocycles. The molecule has 0 bridgehead atoms. The fourth-order valence-electron chi connectivity index (χ4n) is 4.28. The first-order chi connectivity index (χ1) is 17.6. The van der Waals surface area contributed by atoms with Crippen LogP contribution in [0.2, 0.25) is 5.02 Å². The lowest BCUT2D eigenvalue weighted by Crippen LogP contribution is -2.42. The molecule has 0 aliphatic carbocycles. The number of nitrogens with one attached hydrogen (secondary N) is 1. The molecule has 5 nitrogen and oxygen atoms in total. The summed E-state index contributed by atoms with van der Waals surface area (Å²) < 4.78 is 28.3. The molecule has 0 aromatic heterocycles. The quantitative estimate of drug-likeness (QED) is 0.274. The highest BCUT2D eigenvalue weighted by atomic mass is 35.5. The summed E-state index contributed by atoms with van der Waals surface area (Å²) in [5.41, 5.74) is 3.33. The number of amides is 1. The van der Waals surface area contributed by atoms with Crippen molar-refractivity contribution in [2.24, 2.45) is 5.92 Å². The van der Waals surface area contributed by atoms with Gasteiger partial charge in [-0.15, -0.1) is 0 Å². The average Bonchev–Trinajstić information content (AvgIpc) is 2.88. The Balaban J connectivity index is 1.50. The predicted octanol–water partition coefficient (Wildman–Crippen LogP) is 6.30. The van der Waals surface area contributed by atoms with Crippen LogP contribution in [0.4, 0.5) is 5.69 Å². The Kier molecular flexibility index (Phi) is 8.20. The molecule has 1 amide bonds. The molecule has 192 valence electrons. The van der Waals surface area contributed by atoms with Gasteiger partial charge >= 0.3 is 0 Å². The minimum Gasteiger partial charge on any atom is -0.354 e. The summed E-state index contributed by atoms with van der Waals surface area (Å²) >= 11 is 6.31. The number of carbonyl (C=O) groups is 1. The minimum absolute atomic E-state index is 0.118. The zero-order valence-corrected chi connectivity index (χ0v) is 22.8. The normalized spacial score (nSPS) is 12.3. The summed E-state index contributed by atoms with van der Waals surface area (Å²) in [7, 11) is -3.99. The number of anilines is 1. The van der Waals surface area contributed by atoms with Crippen molar-refractivity contribution >= 4 is 44.0 Å². The van der Waals surface area contributed by atoms with Crippen LogP contribution in [0.15, 0.2) is 89.8 Å². The van der Waals surface area contributed by atoms with E-state index in [9.17, 15) is 13.2 Å². The molecule has 0 radical (unpaired) electrons. The van der Waals surface area contributed by atoms with Crippen molar-refractivity contribution in [3.63, 3.8) is 0 Å². The number of halogens is 1. The number of benzene rings is 4. The fourth-order valence-corrected chi connectivity index (χ4v) is 5.87. The van der Waals surface area contributed by atoms with Crippen molar-refractivity contribution < 1.29 is 13.2 Å². The van der Waals surface area contributed by atoms with Gasteiger partial charge in [-0.3, -0.25) is 9.10 Å². The summed E-state index contributed by atoms with van der Waals surface area (Å²) in [6.45, 7) is 5.88. The van der Waals surface area contributed by atoms with Crippen molar-refractivity contribution in [3.05, 3.63) is 107 Å². The first-order valence-electron chi connectivity index (χ1n) is 12.2. The van der Waals surface area contributed by atoms with Crippen LogP contribution in [0, 0.1) is 19.8 Å². The highest BCUT2D eigenvalue weighted by molar-refractivity contribution is 7.92. The number of fused-ring (bicyclic) bond motifs is 1. The molecule has 0 saturated heterocycles. The van der Waals surface area contributed by atoms with Crippen LogP contribution in [0.5, 0.6) is 0 Å². The standard InChI is InChI=1S/C30H31ClN2O3S/c1-21-11-15-27(16-12-21)37(35,36)33(26-14-13-23(3)29(31)18-26)20-30(34)32-19-22(2)17-25-9-6-8-24-7-4-5-10-28(24)25/h4-16,18,22H,17,19-20H2,1-3H3,(H,32,34). The third-order valence-electron chi connectivity index (χ3n) is 6.44. The van der Waals surface area contributed by atoms with Crippen molar-refractivity contribution in [2.75, 3.05) is 17.4 Å². The molecule has 0 aliphatic rings. The van der Waals surface area contributed by atoms with Gasteiger partial charge in [0, 0.05) is 11.6 Å². The number of aryl methyl sites for hydroxylation is 2. The topological polar surface area (TPSA) is 66.5 Å². The smallest absolute Gasteiger partial charge is 0.264 e. The van der Waals surface area contributed by atoms with Gasteiger partial charge in [0.2, 0.25) is 5.91 Å². The molecule has 1 unspecified atom stereocenters. The number of carbonyl (C=O) groups excluding carboxylic acids is 1. The van der Waals surface area contributed by atoms with Gasteiger partial charge in [-0.05, 0) is 72.4 Å². The van der Waals surface area contributed by atoms with Gasteiger partial charge in [0.15, 0.2) is 0 Å². The van der Waals surface area contributed by atoms with Crippen LogP contribution in [0.1, 0.15) is 23.6 Å². The molecule has 4 aromatic rings. The number of hydrogen-bond acceptors (Lipinski definition) is 3. The molecule has 1 N–H and O–H groups in total. The van der Waals surface area contributed by atoms with E-state index < -0.39 is 10.0 Å². The SMILES string of the molecule is Cc1ccc(S(=O)(=O)N(CC(=O)NCC(C)Cc2cccc3ccccc23)c2ccc(C)c(Cl)c2)cc1. The Hall–Kier alpha value is -3.35. The Bertz CT molecular complexity index is 1510. The summed E-state index contributed by atoms with van der Waals surface area (Å²) in [4.78, 5) is 13.1. The monoisotopic (exact) mass is 534 g/mol. The molecule has 0 heterocycles. The minimum atomic E-state index is -3.99. The molecular weight excluding hydrogens is 504 g/mol. The Labute approximate surface area is 224 Å². The summed E-state index contributed by atoms with van der Waals surface area (Å²) in [5.74, 6) is -0.220. The maximum Gasteiger partial charge on any atom is 0.264 e. The molecule has 37 heavy (non-hydrogen) atoms. The second-order valence-electron chi connectivity index (χ2n) is 9.51. The highest BCUT2D eigenvalue weighted by Crippen LogP contribution is 2.28. The fraction of sp³-hybridized carbons (Fsp3) is 0.233. The Morgan fingerprint density at radius 1 is 0.946 bits per heavy atom. The van der Waals surface area contributed by atoms with Gasteiger partial charge in [0.1, 0.15) is 6.54 Å². The molecule has 0 spiro atoms. The second-order valence-corrected chi connectivity index (χ2v) is 11.8. The molecule has 0 aliphatic heterocycles. The van der Waals surface area contributed by atoms with Gasteiger partial charge in [0.25, 0.3) is 10.0 Å². The zero-order chi connectivity index (χ0) is 26.6. The Morgan fingerprint density at radius 3 is 2.38 bits per heavy atom. The summed E-state index contributed by atoms with van der Waals surface area (Å²) in [5, 5.41) is 5.76. The van der Waals surface area contributed by atoms with E-state index in [-0.39, 0.29) is 23.3 Å². The first-order valence-corrected chi connectivity index (χ1v) is 14.1. The van der Waals surface area contributed by atoms with Crippen molar-refractivity contribution in [2.45, 2.75) is 32.1 Å². The van der Waals surface area contributed by atoms with Gasteiger partial charge in [0.05, 0.1) is 10.6 Å². The van der Waals surface area contributed by atoms with E-state index >= 15 is 0 Å². The third kappa shape index (κ3) is 6.32. The summed E-state index contributed by atoms with van der Waals surface area (Å²) in [6, 6.07) is 26.1. The van der Waals surface area contributed by atoms with Crippen LogP contribution < -0.4 is 9.62 Å².